The zero-order valence-corrected chi connectivity index (χ0v) is 12.3. The molecule has 1 aliphatic carbocycles. The fourth-order valence-electron chi connectivity index (χ4n) is 2.14. The number of carbonyl (C=O) groups is 2. The van der Waals surface area contributed by atoms with E-state index in [-0.39, 0.29) is 11.8 Å². The molecule has 5 heteroatoms. The number of amides is 2. The number of benzene rings is 1. The van der Waals surface area contributed by atoms with Gasteiger partial charge in [0.15, 0.2) is 0 Å². The van der Waals surface area contributed by atoms with E-state index in [0.29, 0.717) is 25.4 Å². The minimum absolute atomic E-state index is 0.228. The molecule has 4 N–H and O–H groups in total. The molecule has 115 valence electrons. The molecule has 0 saturated heterocycles. The van der Waals surface area contributed by atoms with Gasteiger partial charge in [-0.2, -0.15) is 0 Å². The van der Waals surface area contributed by atoms with Gasteiger partial charge in [-0.05, 0) is 31.2 Å². The van der Waals surface area contributed by atoms with Gasteiger partial charge >= 0.3 is 0 Å². The summed E-state index contributed by atoms with van der Waals surface area (Å²) in [5.74, 6) is 0.0627. The second-order valence-electron chi connectivity index (χ2n) is 4.97. The zero-order valence-electron chi connectivity index (χ0n) is 12.3. The Morgan fingerprint density at radius 3 is 2.41 bits per heavy atom. The van der Waals surface area contributed by atoms with Crippen molar-refractivity contribution in [3.05, 3.63) is 67.5 Å². The third-order valence-electron chi connectivity index (χ3n) is 3.27. The Morgan fingerprint density at radius 1 is 1.09 bits per heavy atom. The molecule has 0 heterocycles. The van der Waals surface area contributed by atoms with Crippen LogP contribution in [0.25, 0.3) is 0 Å². The van der Waals surface area contributed by atoms with Crippen LogP contribution in [0, 0.1) is 31.6 Å². The molecule has 1 fully saturated rings. The predicted molar refractivity (Wildman–Crippen MR) is 84.6 cm³/mol. The van der Waals surface area contributed by atoms with Crippen molar-refractivity contribution in [2.24, 2.45) is 5.73 Å². The van der Waals surface area contributed by atoms with E-state index in [1.54, 1.807) is 25.7 Å². The van der Waals surface area contributed by atoms with Gasteiger partial charge in [0.25, 0.3) is 0 Å². The van der Waals surface area contributed by atoms with Crippen LogP contribution in [0.15, 0.2) is 30.3 Å². The van der Waals surface area contributed by atoms with E-state index in [2.05, 4.69) is 10.6 Å². The van der Waals surface area contributed by atoms with E-state index in [4.69, 9.17) is 5.73 Å². The van der Waals surface area contributed by atoms with Crippen LogP contribution in [0.2, 0.25) is 0 Å². The highest BCUT2D eigenvalue weighted by Crippen LogP contribution is 2.23. The topological polar surface area (TPSA) is 84.2 Å². The molecule has 1 saturated carbocycles. The summed E-state index contributed by atoms with van der Waals surface area (Å²) in [6.07, 6.45) is 7.44. The highest BCUT2D eigenvalue weighted by atomic mass is 16.2. The first-order valence-corrected chi connectivity index (χ1v) is 7.25. The average molecular weight is 298 g/mol. The molecule has 2 amide bonds. The molecule has 0 aliphatic heterocycles. The van der Waals surface area contributed by atoms with Crippen LogP contribution in [0.1, 0.15) is 5.56 Å². The SMILES string of the molecule is NCCNC(=O)[C@H](Cc1ccccc1)NC(=O)[C]1[CH][CH][CH][CH]1. The van der Waals surface area contributed by atoms with Gasteiger partial charge in [-0.15, -0.1) is 0 Å². The van der Waals surface area contributed by atoms with Gasteiger partial charge in [0.1, 0.15) is 6.04 Å². The van der Waals surface area contributed by atoms with E-state index < -0.39 is 6.04 Å². The Bertz CT molecular complexity index is 484. The van der Waals surface area contributed by atoms with Gasteiger partial charge in [0.2, 0.25) is 11.8 Å². The van der Waals surface area contributed by atoms with Gasteiger partial charge in [0, 0.05) is 19.5 Å². The summed E-state index contributed by atoms with van der Waals surface area (Å²) >= 11 is 0. The van der Waals surface area contributed by atoms with Crippen molar-refractivity contribution in [3.63, 3.8) is 0 Å². The third-order valence-corrected chi connectivity index (χ3v) is 3.27. The van der Waals surface area contributed by atoms with Crippen molar-refractivity contribution in [2.45, 2.75) is 12.5 Å². The second-order valence-corrected chi connectivity index (χ2v) is 4.97. The molecular formula is C17H20N3O2. The van der Waals surface area contributed by atoms with Crippen LogP contribution in [-0.4, -0.2) is 30.9 Å². The maximum absolute atomic E-state index is 12.2. The number of hydrogen-bond donors (Lipinski definition) is 3. The first kappa shape index (κ1) is 16.5. The van der Waals surface area contributed by atoms with E-state index in [1.165, 1.54) is 0 Å². The van der Waals surface area contributed by atoms with Crippen LogP contribution in [0.3, 0.4) is 0 Å². The molecule has 0 aromatic heterocycles. The molecule has 1 aliphatic rings. The van der Waals surface area contributed by atoms with E-state index >= 15 is 0 Å². The number of rotatable bonds is 7. The lowest BCUT2D eigenvalue weighted by atomic mass is 10.0. The zero-order chi connectivity index (χ0) is 15.8. The molecule has 0 unspecified atom stereocenters. The van der Waals surface area contributed by atoms with E-state index in [9.17, 15) is 9.59 Å². The van der Waals surface area contributed by atoms with Gasteiger partial charge in [-0.3, -0.25) is 9.59 Å². The lowest BCUT2D eigenvalue weighted by Gasteiger charge is -2.20. The Balaban J connectivity index is 2.00. The van der Waals surface area contributed by atoms with E-state index in [1.807, 2.05) is 30.3 Å². The van der Waals surface area contributed by atoms with Crippen LogP contribution >= 0.6 is 0 Å². The van der Waals surface area contributed by atoms with E-state index in [0.717, 1.165) is 5.56 Å². The summed E-state index contributed by atoms with van der Waals surface area (Å²) in [4.78, 5) is 24.4. The Labute approximate surface area is 131 Å². The molecule has 5 nitrogen and oxygen atoms in total. The highest BCUT2D eigenvalue weighted by Gasteiger charge is 2.28. The first-order valence-electron chi connectivity index (χ1n) is 7.25. The van der Waals surface area contributed by atoms with Crippen LogP contribution < -0.4 is 16.4 Å². The van der Waals surface area contributed by atoms with Gasteiger partial charge in [0.05, 0.1) is 5.92 Å². The van der Waals surface area contributed by atoms with Gasteiger partial charge in [-0.1, -0.05) is 30.3 Å². The summed E-state index contributed by atoms with van der Waals surface area (Å²) in [5, 5.41) is 5.51. The van der Waals surface area contributed by atoms with Crippen LogP contribution in [0.5, 0.6) is 0 Å². The minimum atomic E-state index is -0.628. The fourth-order valence-corrected chi connectivity index (χ4v) is 2.14. The molecule has 1 aromatic carbocycles. The minimum Gasteiger partial charge on any atom is -0.353 e. The maximum Gasteiger partial charge on any atom is 0.242 e. The summed E-state index contributed by atoms with van der Waals surface area (Å²) in [6.45, 7) is 0.747. The molecule has 5 radical (unpaired) electrons. The molecule has 22 heavy (non-hydrogen) atoms. The Hall–Kier alpha value is -1.88. The van der Waals surface area contributed by atoms with Crippen molar-refractivity contribution in [1.29, 1.82) is 0 Å². The summed E-state index contributed by atoms with van der Waals surface area (Å²) in [5.41, 5.74) is 6.39. The number of carbonyl (C=O) groups excluding carboxylic acids is 2. The first-order chi connectivity index (χ1) is 10.7. The summed E-state index contributed by atoms with van der Waals surface area (Å²) in [6, 6.07) is 8.95. The number of nitrogens with one attached hydrogen (secondary N) is 2. The standard InChI is InChI=1S/C17H20N3O2/c18-10-11-19-17(22)15(12-13-6-2-1-3-7-13)20-16(21)14-8-4-5-9-14/h1-9,15H,10-12,18H2,(H,19,22)(H,20,21)/t15-/m0/s1. The fraction of sp³-hybridized carbons (Fsp3) is 0.235. The molecular weight excluding hydrogens is 278 g/mol. The average Bonchev–Trinajstić information content (AvgIpc) is 3.07. The maximum atomic E-state index is 12.2. The number of nitrogens with two attached hydrogens (primary N) is 1. The smallest absolute Gasteiger partial charge is 0.242 e. The Kier molecular flexibility index (Phi) is 6.40. The summed E-state index contributed by atoms with van der Waals surface area (Å²) < 4.78 is 0. The molecule has 2 rings (SSSR count). The molecule has 0 bridgehead atoms. The van der Waals surface area contributed by atoms with Crippen molar-refractivity contribution in [1.82, 2.24) is 10.6 Å². The second kappa shape index (κ2) is 8.54. The van der Waals surface area contributed by atoms with Crippen molar-refractivity contribution < 1.29 is 9.59 Å². The normalized spacial score (nSPS) is 16.2. The number of hydrogen-bond acceptors (Lipinski definition) is 3. The van der Waals surface area contributed by atoms with Crippen molar-refractivity contribution in [3.8, 4) is 0 Å². The largest absolute Gasteiger partial charge is 0.353 e. The highest BCUT2D eigenvalue weighted by molar-refractivity contribution is 5.98. The predicted octanol–water partition coefficient (Wildman–Crippen LogP) is 0.194. The van der Waals surface area contributed by atoms with Crippen molar-refractivity contribution >= 4 is 11.8 Å². The lowest BCUT2D eigenvalue weighted by molar-refractivity contribution is -0.127. The Morgan fingerprint density at radius 2 is 1.77 bits per heavy atom. The van der Waals surface area contributed by atoms with Crippen LogP contribution in [0.4, 0.5) is 0 Å². The van der Waals surface area contributed by atoms with Gasteiger partial charge in [-0.25, -0.2) is 0 Å². The van der Waals surface area contributed by atoms with Gasteiger partial charge < -0.3 is 16.4 Å². The molecule has 0 spiro atoms. The monoisotopic (exact) mass is 298 g/mol. The lowest BCUT2D eigenvalue weighted by Crippen LogP contribution is -2.50. The molecule has 1 atom stereocenters. The van der Waals surface area contributed by atoms with Crippen LogP contribution in [-0.2, 0) is 16.0 Å². The molecule has 1 aromatic rings. The summed E-state index contributed by atoms with van der Waals surface area (Å²) in [7, 11) is 0. The van der Waals surface area contributed by atoms with Crippen molar-refractivity contribution in [2.75, 3.05) is 13.1 Å². The quantitative estimate of drug-likeness (QED) is 0.672. The third kappa shape index (κ3) is 4.84.